The molecule has 0 spiro atoms. The fourth-order valence-electron chi connectivity index (χ4n) is 5.32. The second-order valence-electron chi connectivity index (χ2n) is 10.1. The first kappa shape index (κ1) is 28.4. The summed E-state index contributed by atoms with van der Waals surface area (Å²) in [5.41, 5.74) is 5.58. The third kappa shape index (κ3) is 6.17. The van der Waals surface area contributed by atoms with E-state index in [0.717, 1.165) is 83.6 Å². The molecule has 4 rings (SSSR count). The minimum Gasteiger partial charge on any atom is -0.456 e. The van der Waals surface area contributed by atoms with E-state index in [1.807, 2.05) is 32.3 Å². The number of hydrogen-bond acceptors (Lipinski definition) is 4. The van der Waals surface area contributed by atoms with Crippen molar-refractivity contribution >= 4 is 22.6 Å². The molecule has 1 amide bonds. The van der Waals surface area contributed by atoms with E-state index in [9.17, 15) is 4.79 Å². The van der Waals surface area contributed by atoms with E-state index in [-0.39, 0.29) is 5.91 Å². The predicted molar refractivity (Wildman–Crippen MR) is 164 cm³/mol. The molecular formula is C33H43N4O2+. The van der Waals surface area contributed by atoms with Gasteiger partial charge in [-0.3, -0.25) is 4.79 Å². The van der Waals surface area contributed by atoms with Crippen LogP contribution in [0.15, 0.2) is 65.1 Å². The lowest BCUT2D eigenvalue weighted by atomic mass is 9.90. The molecule has 0 aromatic heterocycles. The van der Waals surface area contributed by atoms with Crippen molar-refractivity contribution in [3.8, 4) is 22.5 Å². The van der Waals surface area contributed by atoms with Gasteiger partial charge in [0.2, 0.25) is 5.36 Å². The normalized spacial score (nSPS) is 11.4. The van der Waals surface area contributed by atoms with Gasteiger partial charge in [0, 0.05) is 59.5 Å². The molecule has 0 unspecified atom stereocenters. The van der Waals surface area contributed by atoms with Gasteiger partial charge in [0.1, 0.15) is 24.4 Å². The first-order valence-electron chi connectivity index (χ1n) is 14.3. The highest BCUT2D eigenvalue weighted by Crippen LogP contribution is 2.42. The molecule has 0 radical (unpaired) electrons. The number of anilines is 1. The number of hydrogen-bond donors (Lipinski definition) is 1. The molecule has 2 aromatic carbocycles. The molecule has 6 nitrogen and oxygen atoms in total. The zero-order valence-electron chi connectivity index (χ0n) is 24.4. The van der Waals surface area contributed by atoms with Crippen LogP contribution >= 0.6 is 0 Å². The van der Waals surface area contributed by atoms with Crippen LogP contribution in [0.1, 0.15) is 44.5 Å². The highest BCUT2D eigenvalue weighted by Gasteiger charge is 2.22. The molecule has 0 saturated heterocycles. The van der Waals surface area contributed by atoms with E-state index in [4.69, 9.17) is 4.42 Å². The standard InChI is InChI=1S/C33H42N4O2/c1-7-36(8-2)24-16-18-28-30(22-24)39-31-23-25(37(9-3)10-4)17-19-29(31)32(28)26-14-11-12-15-27(26)33(38)34-20-13-21-35(5)6/h11-12,14-19,22-23H,7-10,13,20-21H2,1-6H3/p+1. The number of nitrogens with one attached hydrogen (secondary N) is 1. The van der Waals surface area contributed by atoms with E-state index in [1.54, 1.807) is 0 Å². The number of rotatable bonds is 11. The first-order chi connectivity index (χ1) is 18.9. The minimum atomic E-state index is -0.0500. The summed E-state index contributed by atoms with van der Waals surface area (Å²) in [5, 5.41) is 5.27. The van der Waals surface area contributed by atoms with Crippen molar-refractivity contribution in [1.82, 2.24) is 14.8 Å². The molecule has 1 heterocycles. The van der Waals surface area contributed by atoms with Gasteiger partial charge in [-0.15, -0.1) is 0 Å². The lowest BCUT2D eigenvalue weighted by molar-refractivity contribution is 0.0953. The van der Waals surface area contributed by atoms with Gasteiger partial charge in [-0.2, -0.15) is 0 Å². The quantitative estimate of drug-likeness (QED) is 0.158. The highest BCUT2D eigenvalue weighted by atomic mass is 16.3. The number of fused-ring (bicyclic) bond motifs is 2. The molecule has 39 heavy (non-hydrogen) atoms. The SMILES string of the molecule is CCN(CC)c1ccc2c(-c3ccccc3C(=O)NCCCN(C)C)c3ccc(=[N+](CC)CC)cc-3oc2c1. The minimum absolute atomic E-state index is 0.0500. The third-order valence-corrected chi connectivity index (χ3v) is 7.45. The summed E-state index contributed by atoms with van der Waals surface area (Å²) in [7, 11) is 4.09. The Bertz CT molecular complexity index is 1460. The van der Waals surface area contributed by atoms with Crippen molar-refractivity contribution in [3.05, 3.63) is 71.6 Å². The Morgan fingerprint density at radius 2 is 1.64 bits per heavy atom. The van der Waals surface area contributed by atoms with Crippen molar-refractivity contribution < 1.29 is 9.21 Å². The second-order valence-corrected chi connectivity index (χ2v) is 10.1. The molecule has 1 aliphatic heterocycles. The number of amides is 1. The van der Waals surface area contributed by atoms with Crippen molar-refractivity contribution in [2.45, 2.75) is 34.1 Å². The van der Waals surface area contributed by atoms with E-state index in [0.29, 0.717) is 12.1 Å². The summed E-state index contributed by atoms with van der Waals surface area (Å²) in [6, 6.07) is 20.8. The Morgan fingerprint density at radius 1 is 0.897 bits per heavy atom. The van der Waals surface area contributed by atoms with Crippen LogP contribution < -0.4 is 20.1 Å². The van der Waals surface area contributed by atoms with Gasteiger partial charge in [-0.1, -0.05) is 18.2 Å². The highest BCUT2D eigenvalue weighted by molar-refractivity contribution is 6.09. The van der Waals surface area contributed by atoms with Crippen molar-refractivity contribution in [3.63, 3.8) is 0 Å². The summed E-state index contributed by atoms with van der Waals surface area (Å²) in [5.74, 6) is 0.769. The Kier molecular flexibility index (Phi) is 9.41. The third-order valence-electron chi connectivity index (χ3n) is 7.45. The van der Waals surface area contributed by atoms with E-state index in [2.05, 4.69) is 89.9 Å². The monoisotopic (exact) mass is 527 g/mol. The molecular weight excluding hydrogens is 484 g/mol. The Hall–Kier alpha value is -3.64. The van der Waals surface area contributed by atoms with Gasteiger partial charge in [0.25, 0.3) is 5.91 Å². The van der Waals surface area contributed by atoms with Gasteiger partial charge >= 0.3 is 0 Å². The average Bonchev–Trinajstić information content (AvgIpc) is 2.95. The van der Waals surface area contributed by atoms with Crippen LogP contribution in [0.5, 0.6) is 0 Å². The molecule has 6 heteroatoms. The topological polar surface area (TPSA) is 51.7 Å². The average molecular weight is 528 g/mol. The van der Waals surface area contributed by atoms with Crippen LogP contribution in [0, 0.1) is 0 Å². The summed E-state index contributed by atoms with van der Waals surface area (Å²) in [4.78, 5) is 17.9. The maximum absolute atomic E-state index is 13.4. The summed E-state index contributed by atoms with van der Waals surface area (Å²) >= 11 is 0. The smallest absolute Gasteiger partial charge is 0.251 e. The van der Waals surface area contributed by atoms with E-state index >= 15 is 0 Å². The van der Waals surface area contributed by atoms with Gasteiger partial charge < -0.3 is 19.5 Å². The molecule has 2 aromatic rings. The molecule has 206 valence electrons. The van der Waals surface area contributed by atoms with Crippen molar-refractivity contribution in [2.75, 3.05) is 58.3 Å². The summed E-state index contributed by atoms with van der Waals surface area (Å²) in [6.45, 7) is 13.9. The summed E-state index contributed by atoms with van der Waals surface area (Å²) < 4.78 is 8.93. The number of benzene rings is 3. The molecule has 0 bridgehead atoms. The largest absolute Gasteiger partial charge is 0.456 e. The lowest BCUT2D eigenvalue weighted by Crippen LogP contribution is -2.29. The molecule has 2 aliphatic rings. The first-order valence-corrected chi connectivity index (χ1v) is 14.3. The number of nitrogens with zero attached hydrogens (tertiary/aromatic N) is 3. The second kappa shape index (κ2) is 12.9. The van der Waals surface area contributed by atoms with Crippen LogP contribution in [-0.2, 0) is 0 Å². The maximum atomic E-state index is 13.4. The molecule has 1 N–H and O–H groups in total. The van der Waals surface area contributed by atoms with Gasteiger partial charge in [-0.25, -0.2) is 4.58 Å². The van der Waals surface area contributed by atoms with E-state index < -0.39 is 0 Å². The molecule has 0 fully saturated rings. The Morgan fingerprint density at radius 3 is 2.33 bits per heavy atom. The van der Waals surface area contributed by atoms with Crippen molar-refractivity contribution in [2.24, 2.45) is 0 Å². The van der Waals surface area contributed by atoms with Gasteiger partial charge in [0.05, 0.1) is 6.07 Å². The van der Waals surface area contributed by atoms with Crippen molar-refractivity contribution in [1.29, 1.82) is 0 Å². The van der Waals surface area contributed by atoms with Crippen LogP contribution in [0.25, 0.3) is 33.4 Å². The fourth-order valence-corrected chi connectivity index (χ4v) is 5.32. The van der Waals surface area contributed by atoms with Crippen LogP contribution in [0.4, 0.5) is 5.69 Å². The fraction of sp³-hybridized carbons (Fsp3) is 0.394. The van der Waals surface area contributed by atoms with Crippen LogP contribution in [-0.4, -0.2) is 64.2 Å². The van der Waals surface area contributed by atoms with Gasteiger partial charge in [0.15, 0.2) is 0 Å². The zero-order valence-corrected chi connectivity index (χ0v) is 24.4. The predicted octanol–water partition coefficient (Wildman–Crippen LogP) is 5.54. The van der Waals surface area contributed by atoms with E-state index in [1.165, 1.54) is 0 Å². The lowest BCUT2D eigenvalue weighted by Gasteiger charge is -2.22. The van der Waals surface area contributed by atoms with Crippen LogP contribution in [0.3, 0.4) is 0 Å². The maximum Gasteiger partial charge on any atom is 0.251 e. The summed E-state index contributed by atoms with van der Waals surface area (Å²) in [6.07, 6.45) is 0.902. The Labute approximate surface area is 232 Å². The zero-order chi connectivity index (χ0) is 27.9. The Balaban J connectivity index is 1.94. The molecule has 0 saturated carbocycles. The number of carbonyl (C=O) groups is 1. The molecule has 1 aliphatic carbocycles. The van der Waals surface area contributed by atoms with Gasteiger partial charge in [-0.05, 0) is 84.6 Å². The molecule has 0 atom stereocenters. The van der Waals surface area contributed by atoms with Crippen LogP contribution in [0.2, 0.25) is 0 Å². The number of carbonyl (C=O) groups excluding carboxylic acids is 1.